The van der Waals surface area contributed by atoms with Gasteiger partial charge in [0.2, 0.25) is 5.91 Å². The fourth-order valence-corrected chi connectivity index (χ4v) is 3.49. The Hall–Kier alpha value is -2.41. The fourth-order valence-electron chi connectivity index (χ4n) is 3.49. The minimum absolute atomic E-state index is 0.143. The summed E-state index contributed by atoms with van der Waals surface area (Å²) in [7, 11) is 0. The third kappa shape index (κ3) is 3.51. The molecule has 25 heavy (non-hydrogen) atoms. The molecular weight excluding hydrogens is 324 g/mol. The van der Waals surface area contributed by atoms with Gasteiger partial charge in [-0.25, -0.2) is 4.90 Å². The molecule has 2 fully saturated rings. The van der Waals surface area contributed by atoms with Crippen LogP contribution in [0.1, 0.15) is 26.2 Å². The summed E-state index contributed by atoms with van der Waals surface area (Å²) in [4.78, 5) is 39.3. The number of benzene rings is 1. The summed E-state index contributed by atoms with van der Waals surface area (Å²) >= 11 is 0. The zero-order chi connectivity index (χ0) is 18.0. The molecule has 0 aliphatic carbocycles. The van der Waals surface area contributed by atoms with Gasteiger partial charge >= 0.3 is 5.97 Å². The highest BCUT2D eigenvalue weighted by Crippen LogP contribution is 2.29. The Labute approximate surface area is 146 Å². The van der Waals surface area contributed by atoms with E-state index >= 15 is 0 Å². The molecule has 7 nitrogen and oxygen atoms in total. The van der Waals surface area contributed by atoms with E-state index in [1.807, 2.05) is 11.8 Å². The molecule has 2 amide bonds. The number of ether oxygens (including phenoxy) is 1. The molecule has 0 bridgehead atoms. The van der Waals surface area contributed by atoms with Crippen molar-refractivity contribution in [2.75, 3.05) is 24.6 Å². The Morgan fingerprint density at radius 1 is 1.20 bits per heavy atom. The largest absolute Gasteiger partial charge is 0.494 e. The maximum atomic E-state index is 12.8. The fraction of sp³-hybridized carbons (Fsp3) is 0.500. The standard InChI is InChI=1S/C18H22N2O5/c1-2-25-14-5-3-13(4-6-14)20-16(21)11-15(17(20)22)19-9-7-12(8-10-19)18(23)24/h3-6,12,15H,2,7-11H2,1H3,(H,23,24). The highest BCUT2D eigenvalue weighted by atomic mass is 16.5. The molecule has 1 atom stereocenters. The second-order valence-corrected chi connectivity index (χ2v) is 6.36. The Balaban J connectivity index is 1.69. The summed E-state index contributed by atoms with van der Waals surface area (Å²) in [6, 6.07) is 6.41. The number of piperidine rings is 1. The molecule has 2 heterocycles. The monoisotopic (exact) mass is 346 g/mol. The lowest BCUT2D eigenvalue weighted by Crippen LogP contribution is -2.46. The van der Waals surface area contributed by atoms with E-state index in [9.17, 15) is 14.4 Å². The van der Waals surface area contributed by atoms with Crippen molar-refractivity contribution in [3.63, 3.8) is 0 Å². The zero-order valence-electron chi connectivity index (χ0n) is 14.2. The number of nitrogens with zero attached hydrogens (tertiary/aromatic N) is 2. The van der Waals surface area contributed by atoms with E-state index in [0.717, 1.165) is 0 Å². The summed E-state index contributed by atoms with van der Waals surface area (Å²) in [6.45, 7) is 3.49. The molecule has 1 aromatic carbocycles. The van der Waals surface area contributed by atoms with Gasteiger partial charge in [-0.1, -0.05) is 0 Å². The van der Waals surface area contributed by atoms with E-state index in [0.29, 0.717) is 44.0 Å². The van der Waals surface area contributed by atoms with Crippen molar-refractivity contribution in [1.29, 1.82) is 0 Å². The van der Waals surface area contributed by atoms with Crippen LogP contribution in [0.4, 0.5) is 5.69 Å². The van der Waals surface area contributed by atoms with Gasteiger partial charge in [0.15, 0.2) is 0 Å². The number of likely N-dealkylation sites (tertiary alicyclic amines) is 1. The Morgan fingerprint density at radius 3 is 2.40 bits per heavy atom. The van der Waals surface area contributed by atoms with Gasteiger partial charge in [-0.15, -0.1) is 0 Å². The summed E-state index contributed by atoms with van der Waals surface area (Å²) in [6.07, 6.45) is 1.16. The minimum atomic E-state index is -0.788. The van der Waals surface area contributed by atoms with E-state index < -0.39 is 12.0 Å². The van der Waals surface area contributed by atoms with Gasteiger partial charge in [0.1, 0.15) is 5.75 Å². The molecule has 3 rings (SSSR count). The maximum Gasteiger partial charge on any atom is 0.306 e. The number of carbonyl (C=O) groups excluding carboxylic acids is 2. The van der Waals surface area contributed by atoms with E-state index in [-0.39, 0.29) is 24.2 Å². The van der Waals surface area contributed by atoms with Gasteiger partial charge in [0.05, 0.1) is 30.7 Å². The van der Waals surface area contributed by atoms with Crippen molar-refractivity contribution in [2.24, 2.45) is 5.92 Å². The number of carboxylic acids is 1. The molecule has 0 saturated carbocycles. The Morgan fingerprint density at radius 2 is 1.84 bits per heavy atom. The number of rotatable bonds is 5. The van der Waals surface area contributed by atoms with Gasteiger partial charge in [0.25, 0.3) is 5.91 Å². The van der Waals surface area contributed by atoms with Crippen LogP contribution in [0.25, 0.3) is 0 Å². The quantitative estimate of drug-likeness (QED) is 0.813. The zero-order valence-corrected chi connectivity index (χ0v) is 14.2. The molecule has 1 aromatic rings. The number of imide groups is 1. The molecule has 2 aliphatic rings. The van der Waals surface area contributed by atoms with Gasteiger partial charge < -0.3 is 9.84 Å². The first-order valence-electron chi connectivity index (χ1n) is 8.57. The molecular formula is C18H22N2O5. The lowest BCUT2D eigenvalue weighted by Gasteiger charge is -2.33. The average Bonchev–Trinajstić information content (AvgIpc) is 2.91. The molecule has 0 spiro atoms. The van der Waals surface area contributed by atoms with Gasteiger partial charge in [0, 0.05) is 0 Å². The molecule has 2 aliphatic heterocycles. The van der Waals surface area contributed by atoms with E-state index in [2.05, 4.69) is 0 Å². The number of hydrogen-bond acceptors (Lipinski definition) is 5. The second-order valence-electron chi connectivity index (χ2n) is 6.36. The summed E-state index contributed by atoms with van der Waals surface area (Å²) in [5.41, 5.74) is 0.543. The summed E-state index contributed by atoms with van der Waals surface area (Å²) in [5.74, 6) is -0.907. The first kappa shape index (κ1) is 17.4. The van der Waals surface area contributed by atoms with Crippen molar-refractivity contribution >= 4 is 23.5 Å². The first-order chi connectivity index (χ1) is 12.0. The van der Waals surface area contributed by atoms with Crippen LogP contribution in [0.2, 0.25) is 0 Å². The molecule has 0 radical (unpaired) electrons. The SMILES string of the molecule is CCOc1ccc(N2C(=O)CC(N3CCC(C(=O)O)CC3)C2=O)cc1. The maximum absolute atomic E-state index is 12.8. The van der Waals surface area contributed by atoms with E-state index in [4.69, 9.17) is 9.84 Å². The molecule has 0 aromatic heterocycles. The number of carboxylic acid groups (broad SMARTS) is 1. The number of anilines is 1. The van der Waals surface area contributed by atoms with Crippen LogP contribution >= 0.6 is 0 Å². The van der Waals surface area contributed by atoms with Crippen LogP contribution in [0.3, 0.4) is 0 Å². The number of carbonyl (C=O) groups is 3. The molecule has 2 saturated heterocycles. The second kappa shape index (κ2) is 7.23. The van der Waals surface area contributed by atoms with Crippen LogP contribution in [-0.4, -0.2) is 53.5 Å². The van der Waals surface area contributed by atoms with Crippen LogP contribution < -0.4 is 9.64 Å². The van der Waals surface area contributed by atoms with Crippen molar-refractivity contribution in [1.82, 2.24) is 4.90 Å². The summed E-state index contributed by atoms with van der Waals surface area (Å²) in [5, 5.41) is 9.08. The minimum Gasteiger partial charge on any atom is -0.494 e. The molecule has 7 heteroatoms. The van der Waals surface area contributed by atoms with E-state index in [1.165, 1.54) is 4.90 Å². The van der Waals surface area contributed by atoms with Crippen molar-refractivity contribution in [3.8, 4) is 5.75 Å². The molecule has 134 valence electrons. The van der Waals surface area contributed by atoms with E-state index in [1.54, 1.807) is 24.3 Å². The smallest absolute Gasteiger partial charge is 0.306 e. The lowest BCUT2D eigenvalue weighted by molar-refractivity contribution is -0.143. The van der Waals surface area contributed by atoms with Gasteiger partial charge in [-0.05, 0) is 57.1 Å². The topological polar surface area (TPSA) is 87.2 Å². The van der Waals surface area contributed by atoms with Gasteiger partial charge in [-0.2, -0.15) is 0 Å². The number of aliphatic carboxylic acids is 1. The lowest BCUT2D eigenvalue weighted by atomic mass is 9.96. The van der Waals surface area contributed by atoms with Crippen molar-refractivity contribution in [2.45, 2.75) is 32.2 Å². The number of hydrogen-bond donors (Lipinski definition) is 1. The van der Waals surface area contributed by atoms with Crippen LogP contribution in [-0.2, 0) is 14.4 Å². The third-order valence-corrected chi connectivity index (χ3v) is 4.85. The highest BCUT2D eigenvalue weighted by molar-refractivity contribution is 6.22. The predicted octanol–water partition coefficient (Wildman–Crippen LogP) is 1.51. The van der Waals surface area contributed by atoms with Crippen LogP contribution in [0.5, 0.6) is 5.75 Å². The van der Waals surface area contributed by atoms with Crippen LogP contribution in [0, 0.1) is 5.92 Å². The Kier molecular flexibility index (Phi) is 5.03. The first-order valence-corrected chi connectivity index (χ1v) is 8.57. The average molecular weight is 346 g/mol. The predicted molar refractivity (Wildman–Crippen MR) is 90.4 cm³/mol. The van der Waals surface area contributed by atoms with Crippen molar-refractivity contribution < 1.29 is 24.2 Å². The summed E-state index contributed by atoms with van der Waals surface area (Å²) < 4.78 is 5.38. The normalized spacial score (nSPS) is 22.4. The van der Waals surface area contributed by atoms with Crippen LogP contribution in [0.15, 0.2) is 24.3 Å². The third-order valence-electron chi connectivity index (χ3n) is 4.85. The van der Waals surface area contributed by atoms with Gasteiger partial charge in [-0.3, -0.25) is 19.3 Å². The molecule has 1 N–H and O–H groups in total. The molecule has 1 unspecified atom stereocenters. The highest BCUT2D eigenvalue weighted by Gasteiger charge is 2.43. The van der Waals surface area contributed by atoms with Crippen molar-refractivity contribution in [3.05, 3.63) is 24.3 Å². The number of amides is 2. The Bertz CT molecular complexity index is 665.